The van der Waals surface area contributed by atoms with Crippen LogP contribution < -0.4 is 10.9 Å². The van der Waals surface area contributed by atoms with Gasteiger partial charge in [0.25, 0.3) is 11.5 Å². The molecule has 138 valence electrons. The Labute approximate surface area is 156 Å². The summed E-state index contributed by atoms with van der Waals surface area (Å²) in [7, 11) is 0. The Morgan fingerprint density at radius 3 is 2.58 bits per heavy atom. The molecule has 1 N–H and O–H groups in total. The number of likely N-dealkylation sites (tertiary alicyclic amines) is 1. The molecule has 0 radical (unpaired) electrons. The van der Waals surface area contributed by atoms with Crippen LogP contribution in [0.5, 0.6) is 0 Å². The Morgan fingerprint density at radius 1 is 1.08 bits per heavy atom. The van der Waals surface area contributed by atoms with Crippen molar-refractivity contribution in [2.45, 2.75) is 31.3 Å². The third-order valence-electron chi connectivity index (χ3n) is 4.90. The van der Waals surface area contributed by atoms with Crippen molar-refractivity contribution < 1.29 is 9.18 Å². The number of carbonyl (C=O) groups is 1. The fourth-order valence-corrected chi connectivity index (χ4v) is 3.58. The quantitative estimate of drug-likeness (QED) is 0.864. The van der Waals surface area contributed by atoms with Gasteiger partial charge >= 0.3 is 0 Å². The first-order chi connectivity index (χ1) is 12.1. The Kier molecular flexibility index (Phi) is 5.38. The topological polar surface area (TPSA) is 67.2 Å². The van der Waals surface area contributed by atoms with Gasteiger partial charge in [0, 0.05) is 31.2 Å². The number of halogens is 2. The minimum atomic E-state index is -0.392. The second-order valence-electron chi connectivity index (χ2n) is 6.62. The van der Waals surface area contributed by atoms with E-state index in [-0.39, 0.29) is 29.6 Å². The van der Waals surface area contributed by atoms with Crippen LogP contribution in [0.25, 0.3) is 5.69 Å². The normalized spacial score (nSPS) is 21.8. The van der Waals surface area contributed by atoms with Crippen LogP contribution in [0, 0.1) is 5.82 Å². The van der Waals surface area contributed by atoms with Crippen LogP contribution in [0.15, 0.2) is 41.2 Å². The van der Waals surface area contributed by atoms with E-state index in [0.29, 0.717) is 30.9 Å². The Bertz CT molecular complexity index is 855. The SMILES string of the molecule is Cl.O=C(c1ccc(=O)n(-c2ccc(F)cc2)n1)N1CCC2CCC(C1)N2. The summed E-state index contributed by atoms with van der Waals surface area (Å²) in [5, 5.41) is 7.75. The smallest absolute Gasteiger partial charge is 0.274 e. The third-order valence-corrected chi connectivity index (χ3v) is 4.90. The maximum absolute atomic E-state index is 13.1. The summed E-state index contributed by atoms with van der Waals surface area (Å²) in [6.07, 6.45) is 3.18. The number of aromatic nitrogens is 2. The molecule has 3 heterocycles. The zero-order valence-corrected chi connectivity index (χ0v) is 14.9. The molecule has 2 fully saturated rings. The van der Waals surface area contributed by atoms with Crippen molar-refractivity contribution in [2.24, 2.45) is 0 Å². The molecule has 1 aromatic carbocycles. The van der Waals surface area contributed by atoms with Gasteiger partial charge in [-0.1, -0.05) is 0 Å². The summed E-state index contributed by atoms with van der Waals surface area (Å²) >= 11 is 0. The number of hydrogen-bond acceptors (Lipinski definition) is 4. The van der Waals surface area contributed by atoms with E-state index in [1.54, 1.807) is 4.90 Å². The summed E-state index contributed by atoms with van der Waals surface area (Å²) in [5.74, 6) is -0.568. The number of hydrogen-bond donors (Lipinski definition) is 1. The van der Waals surface area contributed by atoms with Gasteiger partial charge in [-0.3, -0.25) is 9.59 Å². The van der Waals surface area contributed by atoms with E-state index >= 15 is 0 Å². The molecule has 1 aromatic heterocycles. The molecule has 2 unspecified atom stereocenters. The lowest BCUT2D eigenvalue weighted by molar-refractivity contribution is 0.0740. The van der Waals surface area contributed by atoms with Crippen LogP contribution in [0.3, 0.4) is 0 Å². The first-order valence-corrected chi connectivity index (χ1v) is 8.52. The van der Waals surface area contributed by atoms with Gasteiger partial charge < -0.3 is 10.2 Å². The fourth-order valence-electron chi connectivity index (χ4n) is 3.58. The van der Waals surface area contributed by atoms with Crippen molar-refractivity contribution in [1.29, 1.82) is 0 Å². The van der Waals surface area contributed by atoms with Crippen LogP contribution in [0.1, 0.15) is 29.8 Å². The summed E-state index contributed by atoms with van der Waals surface area (Å²) in [6, 6.07) is 9.06. The Morgan fingerprint density at radius 2 is 1.81 bits per heavy atom. The molecule has 26 heavy (non-hydrogen) atoms. The van der Waals surface area contributed by atoms with E-state index in [4.69, 9.17) is 0 Å². The van der Waals surface area contributed by atoms with Gasteiger partial charge in [0.1, 0.15) is 11.5 Å². The summed E-state index contributed by atoms with van der Waals surface area (Å²) in [5.41, 5.74) is 0.291. The molecule has 2 aliphatic heterocycles. The lowest BCUT2D eigenvalue weighted by Gasteiger charge is -2.24. The summed E-state index contributed by atoms with van der Waals surface area (Å²) in [6.45, 7) is 1.34. The average molecular weight is 379 g/mol. The van der Waals surface area contributed by atoms with Gasteiger partial charge in [-0.2, -0.15) is 9.78 Å². The van der Waals surface area contributed by atoms with Crippen molar-refractivity contribution in [3.8, 4) is 5.69 Å². The fraction of sp³-hybridized carbons (Fsp3) is 0.389. The van der Waals surface area contributed by atoms with Gasteiger partial charge in [-0.25, -0.2) is 4.39 Å². The van der Waals surface area contributed by atoms with Gasteiger partial charge in [-0.15, -0.1) is 12.4 Å². The third kappa shape index (κ3) is 3.64. The molecular formula is C18H20ClFN4O2. The first kappa shape index (κ1) is 18.5. The summed E-state index contributed by atoms with van der Waals surface area (Å²) in [4.78, 5) is 26.7. The largest absolute Gasteiger partial charge is 0.336 e. The molecule has 2 saturated heterocycles. The highest BCUT2D eigenvalue weighted by Crippen LogP contribution is 2.21. The predicted molar refractivity (Wildman–Crippen MR) is 97.5 cm³/mol. The van der Waals surface area contributed by atoms with Crippen LogP contribution in [-0.4, -0.2) is 45.8 Å². The minimum absolute atomic E-state index is 0. The average Bonchev–Trinajstić information content (AvgIpc) is 2.94. The highest BCUT2D eigenvalue weighted by molar-refractivity contribution is 5.92. The summed E-state index contributed by atoms with van der Waals surface area (Å²) < 4.78 is 14.2. The van der Waals surface area contributed by atoms with E-state index in [9.17, 15) is 14.0 Å². The lowest BCUT2D eigenvalue weighted by atomic mass is 10.1. The van der Waals surface area contributed by atoms with E-state index in [0.717, 1.165) is 17.5 Å². The number of rotatable bonds is 2. The standard InChI is InChI=1S/C18H19FN4O2.ClH/c19-12-1-5-15(6-2-12)23-17(24)8-7-16(21-23)18(25)22-10-9-13-3-4-14(11-22)20-13;/h1-2,5-8,13-14,20H,3-4,9-11H2;1H. The number of nitrogens with zero attached hydrogens (tertiary/aromatic N) is 3. The number of benzene rings is 1. The van der Waals surface area contributed by atoms with Crippen molar-refractivity contribution >= 4 is 18.3 Å². The molecule has 6 nitrogen and oxygen atoms in total. The van der Waals surface area contributed by atoms with Crippen molar-refractivity contribution in [3.63, 3.8) is 0 Å². The maximum atomic E-state index is 13.1. The van der Waals surface area contributed by atoms with Crippen LogP contribution in [0.4, 0.5) is 4.39 Å². The number of carbonyl (C=O) groups excluding carboxylic acids is 1. The van der Waals surface area contributed by atoms with Gasteiger partial charge in [-0.05, 0) is 49.6 Å². The highest BCUT2D eigenvalue weighted by Gasteiger charge is 2.32. The van der Waals surface area contributed by atoms with Crippen molar-refractivity contribution in [3.05, 3.63) is 58.3 Å². The minimum Gasteiger partial charge on any atom is -0.336 e. The first-order valence-electron chi connectivity index (χ1n) is 8.52. The van der Waals surface area contributed by atoms with Gasteiger partial charge in [0.15, 0.2) is 0 Å². The molecule has 4 rings (SSSR count). The Balaban J connectivity index is 0.00000196. The predicted octanol–water partition coefficient (Wildman–Crippen LogP) is 1.76. The zero-order chi connectivity index (χ0) is 17.4. The molecule has 8 heteroatoms. The molecule has 1 amide bonds. The number of fused-ring (bicyclic) bond motifs is 2. The van der Waals surface area contributed by atoms with Crippen LogP contribution in [-0.2, 0) is 0 Å². The zero-order valence-electron chi connectivity index (χ0n) is 14.1. The molecular weight excluding hydrogens is 359 g/mol. The molecule has 0 spiro atoms. The second kappa shape index (κ2) is 7.55. The monoisotopic (exact) mass is 378 g/mol. The van der Waals surface area contributed by atoms with Gasteiger partial charge in [0.05, 0.1) is 5.69 Å². The van der Waals surface area contributed by atoms with Gasteiger partial charge in [0.2, 0.25) is 0 Å². The molecule has 0 saturated carbocycles. The molecule has 0 aliphatic carbocycles. The second-order valence-corrected chi connectivity index (χ2v) is 6.62. The number of nitrogens with one attached hydrogen (secondary N) is 1. The maximum Gasteiger partial charge on any atom is 0.274 e. The van der Waals surface area contributed by atoms with E-state index in [1.807, 2.05) is 0 Å². The van der Waals surface area contributed by atoms with E-state index in [2.05, 4.69) is 10.4 Å². The van der Waals surface area contributed by atoms with E-state index in [1.165, 1.54) is 42.8 Å². The van der Waals surface area contributed by atoms with Crippen molar-refractivity contribution in [2.75, 3.05) is 13.1 Å². The molecule has 2 aromatic rings. The molecule has 2 bridgehead atoms. The highest BCUT2D eigenvalue weighted by atomic mass is 35.5. The lowest BCUT2D eigenvalue weighted by Crippen LogP contribution is -2.40. The van der Waals surface area contributed by atoms with Crippen LogP contribution in [0.2, 0.25) is 0 Å². The Hall–Kier alpha value is -2.25. The van der Waals surface area contributed by atoms with Crippen LogP contribution >= 0.6 is 12.4 Å². The van der Waals surface area contributed by atoms with Crippen molar-refractivity contribution in [1.82, 2.24) is 20.0 Å². The van der Waals surface area contributed by atoms with E-state index < -0.39 is 5.82 Å². The number of amides is 1. The molecule has 2 aliphatic rings. The molecule has 2 atom stereocenters.